The monoisotopic (exact) mass is 561 g/mol. The highest BCUT2D eigenvalue weighted by atomic mass is 32.2. The third kappa shape index (κ3) is 7.59. The first-order chi connectivity index (χ1) is 18.3. The molecule has 2 heterocycles. The molecule has 1 unspecified atom stereocenters. The lowest BCUT2D eigenvalue weighted by Gasteiger charge is -2.19. The Labute approximate surface area is 221 Å². The van der Waals surface area contributed by atoms with Crippen molar-refractivity contribution in [2.75, 3.05) is 31.0 Å². The summed E-state index contributed by atoms with van der Waals surface area (Å²) in [5.74, 6) is -0.257. The lowest BCUT2D eigenvalue weighted by Crippen LogP contribution is -2.13. The summed E-state index contributed by atoms with van der Waals surface area (Å²) in [7, 11) is -3.71. The fourth-order valence-electron chi connectivity index (χ4n) is 3.31. The Hall–Kier alpha value is -3.35. The van der Waals surface area contributed by atoms with Gasteiger partial charge in [0, 0.05) is 17.9 Å². The van der Waals surface area contributed by atoms with E-state index >= 15 is 0 Å². The molecule has 4 rings (SSSR count). The van der Waals surface area contributed by atoms with E-state index < -0.39 is 19.0 Å². The first kappa shape index (κ1) is 27.7. The molecule has 0 saturated carbocycles. The normalized spacial score (nSPS) is 13.0. The Balaban J connectivity index is 1.31. The summed E-state index contributed by atoms with van der Waals surface area (Å²) in [6, 6.07) is 14.4. The van der Waals surface area contributed by atoms with Gasteiger partial charge in [-0.05, 0) is 29.8 Å². The lowest BCUT2D eigenvalue weighted by molar-refractivity contribution is 0.108. The van der Waals surface area contributed by atoms with Crippen LogP contribution in [0.25, 0.3) is 11.2 Å². The van der Waals surface area contributed by atoms with Crippen molar-refractivity contribution in [3.63, 3.8) is 0 Å². The highest BCUT2D eigenvalue weighted by Gasteiger charge is 2.26. The number of aromatic nitrogens is 4. The minimum Gasteiger partial charge on any atom is -0.369 e. The number of hydrogen-bond donors (Lipinski definition) is 2. The average molecular weight is 562 g/mol. The molecule has 11 nitrogen and oxygen atoms in total. The number of halogens is 1. The van der Waals surface area contributed by atoms with Gasteiger partial charge in [-0.3, -0.25) is 19.1 Å². The molecule has 0 aliphatic rings. The molecule has 38 heavy (non-hydrogen) atoms. The third-order valence-electron chi connectivity index (χ3n) is 5.17. The second-order valence-electron chi connectivity index (χ2n) is 7.94. The van der Waals surface area contributed by atoms with Crippen LogP contribution in [-0.4, -0.2) is 49.9 Å². The van der Waals surface area contributed by atoms with Crippen molar-refractivity contribution in [3.8, 4) is 0 Å². The number of benzene rings is 2. The molecule has 4 aromatic rings. The van der Waals surface area contributed by atoms with E-state index in [1.807, 2.05) is 30.3 Å². The molecule has 2 aromatic heterocycles. The average Bonchev–Trinajstić information content (AvgIpc) is 3.32. The zero-order valence-corrected chi connectivity index (χ0v) is 21.8. The van der Waals surface area contributed by atoms with Gasteiger partial charge in [0.25, 0.3) is 5.56 Å². The quantitative estimate of drug-likeness (QED) is 0.182. The third-order valence-corrected chi connectivity index (χ3v) is 7.64. The van der Waals surface area contributed by atoms with Crippen molar-refractivity contribution >= 4 is 41.6 Å². The Morgan fingerprint density at radius 3 is 2.63 bits per heavy atom. The van der Waals surface area contributed by atoms with E-state index in [0.717, 1.165) is 17.3 Å². The molecule has 0 bridgehead atoms. The van der Waals surface area contributed by atoms with Crippen molar-refractivity contribution in [1.82, 2.24) is 19.5 Å². The topological polar surface area (TPSA) is 151 Å². The van der Waals surface area contributed by atoms with Crippen LogP contribution in [0.1, 0.15) is 15.9 Å². The minimum absolute atomic E-state index is 0.0341. The SMILES string of the molecule is Nc1nc2c(ncn2CCOCP(=O)(OCCSC(=O)c2ccc(F)cc2)OCc2ccccc2)c(=O)[nH]1. The van der Waals surface area contributed by atoms with Gasteiger partial charge in [0.15, 0.2) is 11.2 Å². The van der Waals surface area contributed by atoms with Gasteiger partial charge in [-0.25, -0.2) is 9.37 Å². The molecule has 0 radical (unpaired) electrons. The first-order valence-corrected chi connectivity index (χ1v) is 14.2. The maximum absolute atomic E-state index is 13.4. The molecular formula is C24H25FN5O6PS. The van der Waals surface area contributed by atoms with Gasteiger partial charge >= 0.3 is 7.60 Å². The van der Waals surface area contributed by atoms with Crippen LogP contribution >= 0.6 is 19.4 Å². The second-order valence-corrected chi connectivity index (χ2v) is 11.0. The summed E-state index contributed by atoms with van der Waals surface area (Å²) in [6.07, 6.45) is 1.10. The van der Waals surface area contributed by atoms with Gasteiger partial charge in [0.2, 0.25) is 11.1 Å². The minimum atomic E-state index is -3.71. The van der Waals surface area contributed by atoms with Crippen molar-refractivity contribution < 1.29 is 27.5 Å². The number of aromatic amines is 1. The molecule has 0 aliphatic carbocycles. The van der Waals surface area contributed by atoms with E-state index in [1.165, 1.54) is 30.6 Å². The maximum atomic E-state index is 13.4. The van der Waals surface area contributed by atoms with E-state index in [-0.39, 0.29) is 55.0 Å². The number of nitrogens with zero attached hydrogens (tertiary/aromatic N) is 3. The van der Waals surface area contributed by atoms with Crippen LogP contribution in [0.2, 0.25) is 0 Å². The van der Waals surface area contributed by atoms with Gasteiger partial charge < -0.3 is 24.1 Å². The lowest BCUT2D eigenvalue weighted by atomic mass is 10.2. The van der Waals surface area contributed by atoms with E-state index in [1.54, 1.807) is 4.57 Å². The molecular weight excluding hydrogens is 536 g/mol. The number of rotatable bonds is 13. The summed E-state index contributed by atoms with van der Waals surface area (Å²) in [5.41, 5.74) is 6.77. The van der Waals surface area contributed by atoms with Crippen LogP contribution in [0.5, 0.6) is 0 Å². The van der Waals surface area contributed by atoms with E-state index in [0.29, 0.717) is 11.2 Å². The number of ether oxygens (including phenoxy) is 1. The fraction of sp³-hybridized carbons (Fsp3) is 0.250. The van der Waals surface area contributed by atoms with E-state index in [2.05, 4.69) is 15.0 Å². The molecule has 0 spiro atoms. The highest BCUT2D eigenvalue weighted by Crippen LogP contribution is 2.49. The Morgan fingerprint density at radius 2 is 1.87 bits per heavy atom. The van der Waals surface area contributed by atoms with Crippen molar-refractivity contribution in [2.24, 2.45) is 0 Å². The van der Waals surface area contributed by atoms with Gasteiger partial charge in [-0.1, -0.05) is 42.1 Å². The number of nitrogens with two attached hydrogens (primary N) is 1. The molecule has 0 amide bonds. The first-order valence-electron chi connectivity index (χ1n) is 11.5. The molecule has 2 aromatic carbocycles. The maximum Gasteiger partial charge on any atom is 0.356 e. The van der Waals surface area contributed by atoms with Crippen molar-refractivity contribution in [1.29, 1.82) is 0 Å². The molecule has 0 saturated heterocycles. The summed E-state index contributed by atoms with van der Waals surface area (Å²) in [4.78, 5) is 34.7. The van der Waals surface area contributed by atoms with E-state index in [4.69, 9.17) is 19.5 Å². The summed E-state index contributed by atoms with van der Waals surface area (Å²) >= 11 is 0.961. The predicted octanol–water partition coefficient (Wildman–Crippen LogP) is 3.82. The fourth-order valence-corrected chi connectivity index (χ4v) is 5.38. The Kier molecular flexibility index (Phi) is 9.43. The molecule has 1 atom stereocenters. The van der Waals surface area contributed by atoms with Gasteiger partial charge in [0.1, 0.15) is 12.2 Å². The molecule has 0 fully saturated rings. The zero-order chi connectivity index (χ0) is 27.0. The van der Waals surface area contributed by atoms with Crippen molar-refractivity contribution in [2.45, 2.75) is 13.2 Å². The summed E-state index contributed by atoms with van der Waals surface area (Å²) in [6.45, 7) is 0.360. The second kappa shape index (κ2) is 12.9. The van der Waals surface area contributed by atoms with Crippen LogP contribution < -0.4 is 11.3 Å². The largest absolute Gasteiger partial charge is 0.369 e. The standard InChI is InChI=1S/C24H25FN5O6PS/c25-19-8-6-18(7-9-19)23(32)38-13-12-35-37(33,36-14-17-4-2-1-3-5-17)16-34-11-10-30-15-27-20-21(30)28-24(26)29-22(20)31/h1-9,15H,10-14,16H2,(H3,26,28,29,31). The number of carbonyl (C=O) groups excluding carboxylic acids is 1. The number of H-pyrrole nitrogens is 1. The number of nitrogens with one attached hydrogen (secondary N) is 1. The number of fused-ring (bicyclic) bond motifs is 1. The summed E-state index contributed by atoms with van der Waals surface area (Å²) < 4.78 is 44.9. The Morgan fingerprint density at radius 1 is 1.11 bits per heavy atom. The van der Waals surface area contributed by atoms with Crippen molar-refractivity contribution in [3.05, 3.63) is 88.2 Å². The van der Waals surface area contributed by atoms with Crippen LogP contribution in [0.15, 0.2) is 65.7 Å². The number of carbonyl (C=O) groups is 1. The number of nitrogen functional groups attached to an aromatic ring is 1. The Bertz CT molecular complexity index is 1480. The highest BCUT2D eigenvalue weighted by molar-refractivity contribution is 8.14. The number of thioether (sulfide) groups is 1. The van der Waals surface area contributed by atoms with Crippen LogP contribution in [0, 0.1) is 5.82 Å². The predicted molar refractivity (Wildman–Crippen MR) is 141 cm³/mol. The zero-order valence-electron chi connectivity index (χ0n) is 20.1. The molecule has 200 valence electrons. The van der Waals surface area contributed by atoms with Crippen LogP contribution in [-0.2, 0) is 31.5 Å². The number of imidazole rings is 1. The molecule has 3 N–H and O–H groups in total. The molecule has 14 heteroatoms. The van der Waals surface area contributed by atoms with E-state index in [9.17, 15) is 18.5 Å². The van der Waals surface area contributed by atoms with Gasteiger partial charge in [0.05, 0.1) is 26.1 Å². The molecule has 0 aliphatic heterocycles. The smallest absolute Gasteiger partial charge is 0.356 e. The number of hydrogen-bond acceptors (Lipinski definition) is 10. The van der Waals surface area contributed by atoms with Gasteiger partial charge in [-0.2, -0.15) is 4.98 Å². The van der Waals surface area contributed by atoms with Crippen LogP contribution in [0.3, 0.4) is 0 Å². The number of anilines is 1. The van der Waals surface area contributed by atoms with Crippen LogP contribution in [0.4, 0.5) is 10.3 Å². The summed E-state index contributed by atoms with van der Waals surface area (Å²) in [5, 5.41) is -0.259. The van der Waals surface area contributed by atoms with Gasteiger partial charge in [-0.15, -0.1) is 0 Å².